The summed E-state index contributed by atoms with van der Waals surface area (Å²) in [6.07, 6.45) is 1.89. The molecule has 17 heavy (non-hydrogen) atoms. The molecule has 2 heteroatoms. The molecule has 0 spiro atoms. The van der Waals surface area contributed by atoms with E-state index >= 15 is 0 Å². The Morgan fingerprint density at radius 2 is 2.06 bits per heavy atom. The molecule has 1 unspecified atom stereocenters. The van der Waals surface area contributed by atoms with Gasteiger partial charge >= 0.3 is 0 Å². The SMILES string of the molecule is COC(C)(C)CCC(CO)c1cccc(C)c1. The van der Waals surface area contributed by atoms with Crippen molar-refractivity contribution >= 4 is 0 Å². The van der Waals surface area contributed by atoms with Crippen LogP contribution >= 0.6 is 0 Å². The molecule has 0 amide bonds. The average molecular weight is 236 g/mol. The van der Waals surface area contributed by atoms with Crippen LogP contribution in [0.5, 0.6) is 0 Å². The third-order valence-electron chi connectivity index (χ3n) is 3.38. The maximum absolute atomic E-state index is 9.50. The lowest BCUT2D eigenvalue weighted by Gasteiger charge is -2.25. The van der Waals surface area contributed by atoms with Gasteiger partial charge in [-0.15, -0.1) is 0 Å². The van der Waals surface area contributed by atoms with E-state index in [-0.39, 0.29) is 18.1 Å². The Hall–Kier alpha value is -0.860. The molecule has 0 aliphatic heterocycles. The average Bonchev–Trinajstić information content (AvgIpc) is 2.30. The Labute approximate surface area is 105 Å². The van der Waals surface area contributed by atoms with Crippen molar-refractivity contribution in [2.45, 2.75) is 45.1 Å². The molecule has 1 aromatic carbocycles. The van der Waals surface area contributed by atoms with E-state index in [4.69, 9.17) is 4.74 Å². The summed E-state index contributed by atoms with van der Waals surface area (Å²) in [6.45, 7) is 6.44. The van der Waals surface area contributed by atoms with Gasteiger partial charge in [-0.25, -0.2) is 0 Å². The first-order valence-corrected chi connectivity index (χ1v) is 6.21. The lowest BCUT2D eigenvalue weighted by Crippen LogP contribution is -2.23. The van der Waals surface area contributed by atoms with Gasteiger partial charge in [-0.3, -0.25) is 0 Å². The highest BCUT2D eigenvalue weighted by molar-refractivity contribution is 5.25. The lowest BCUT2D eigenvalue weighted by atomic mass is 9.89. The number of benzene rings is 1. The van der Waals surface area contributed by atoms with Crippen LogP contribution in [0.1, 0.15) is 43.7 Å². The van der Waals surface area contributed by atoms with Crippen molar-refractivity contribution in [1.82, 2.24) is 0 Å². The second-order valence-electron chi connectivity index (χ2n) is 5.30. The molecular formula is C15H24O2. The summed E-state index contributed by atoms with van der Waals surface area (Å²) in [5.74, 6) is 0.212. The number of rotatable bonds is 6. The predicted molar refractivity (Wildman–Crippen MR) is 71.3 cm³/mol. The van der Waals surface area contributed by atoms with Crippen LogP contribution in [0.2, 0.25) is 0 Å². The Morgan fingerprint density at radius 3 is 2.59 bits per heavy atom. The summed E-state index contributed by atoms with van der Waals surface area (Å²) in [5, 5.41) is 9.50. The minimum absolute atomic E-state index is 0.114. The minimum Gasteiger partial charge on any atom is -0.396 e. The first-order chi connectivity index (χ1) is 7.98. The van der Waals surface area contributed by atoms with Gasteiger partial charge in [0.15, 0.2) is 0 Å². The molecule has 1 aromatic rings. The van der Waals surface area contributed by atoms with Gasteiger partial charge < -0.3 is 9.84 Å². The van der Waals surface area contributed by atoms with Crippen LogP contribution in [0, 0.1) is 6.92 Å². The molecular weight excluding hydrogens is 212 g/mol. The minimum atomic E-state index is -0.114. The Balaban J connectivity index is 2.66. The molecule has 1 N–H and O–H groups in total. The summed E-state index contributed by atoms with van der Waals surface area (Å²) in [7, 11) is 1.74. The fraction of sp³-hybridized carbons (Fsp3) is 0.600. The topological polar surface area (TPSA) is 29.5 Å². The number of aliphatic hydroxyl groups excluding tert-OH is 1. The van der Waals surface area contributed by atoms with Crippen molar-refractivity contribution in [2.24, 2.45) is 0 Å². The van der Waals surface area contributed by atoms with Crippen LogP contribution < -0.4 is 0 Å². The van der Waals surface area contributed by atoms with Crippen molar-refractivity contribution in [1.29, 1.82) is 0 Å². The summed E-state index contributed by atoms with van der Waals surface area (Å²) < 4.78 is 5.41. The van der Waals surface area contributed by atoms with E-state index in [9.17, 15) is 5.11 Å². The molecule has 1 atom stereocenters. The number of methoxy groups -OCH3 is 1. The van der Waals surface area contributed by atoms with Gasteiger partial charge in [0.25, 0.3) is 0 Å². The number of aliphatic hydroxyl groups is 1. The Bertz CT molecular complexity index is 345. The molecule has 0 saturated heterocycles. The lowest BCUT2D eigenvalue weighted by molar-refractivity contribution is 0.0111. The van der Waals surface area contributed by atoms with E-state index in [2.05, 4.69) is 45.0 Å². The van der Waals surface area contributed by atoms with Crippen molar-refractivity contribution in [3.05, 3.63) is 35.4 Å². The van der Waals surface area contributed by atoms with E-state index in [0.717, 1.165) is 12.8 Å². The van der Waals surface area contributed by atoms with Crippen LogP contribution in [-0.4, -0.2) is 24.4 Å². The molecule has 0 aliphatic rings. The number of hydrogen-bond acceptors (Lipinski definition) is 2. The standard InChI is InChI=1S/C15H24O2/c1-12-6-5-7-13(10-12)14(11-16)8-9-15(2,3)17-4/h5-7,10,14,16H,8-9,11H2,1-4H3. The number of ether oxygens (including phenoxy) is 1. The van der Waals surface area contributed by atoms with Crippen LogP contribution in [0.3, 0.4) is 0 Å². The van der Waals surface area contributed by atoms with E-state index in [1.54, 1.807) is 7.11 Å². The zero-order valence-corrected chi connectivity index (χ0v) is 11.4. The third kappa shape index (κ3) is 4.49. The maximum Gasteiger partial charge on any atom is 0.0623 e. The van der Waals surface area contributed by atoms with Gasteiger partial charge in [0.05, 0.1) is 5.60 Å². The second kappa shape index (κ2) is 6.18. The highest BCUT2D eigenvalue weighted by Gasteiger charge is 2.19. The molecule has 0 bridgehead atoms. The molecule has 2 nitrogen and oxygen atoms in total. The largest absolute Gasteiger partial charge is 0.396 e. The summed E-state index contributed by atoms with van der Waals surface area (Å²) in [6, 6.07) is 8.38. The van der Waals surface area contributed by atoms with Crippen molar-refractivity contribution < 1.29 is 9.84 Å². The third-order valence-corrected chi connectivity index (χ3v) is 3.38. The summed E-state index contributed by atoms with van der Waals surface area (Å²) >= 11 is 0. The Kier molecular flexibility index (Phi) is 5.16. The van der Waals surface area contributed by atoms with E-state index in [1.807, 2.05) is 0 Å². The summed E-state index contributed by atoms with van der Waals surface area (Å²) in [5.41, 5.74) is 2.35. The van der Waals surface area contributed by atoms with Crippen LogP contribution in [0.25, 0.3) is 0 Å². The quantitative estimate of drug-likeness (QED) is 0.821. The molecule has 1 rings (SSSR count). The molecule has 0 fully saturated rings. The number of aryl methyl sites for hydroxylation is 1. The van der Waals surface area contributed by atoms with Gasteiger partial charge in [0, 0.05) is 19.6 Å². The zero-order valence-electron chi connectivity index (χ0n) is 11.4. The molecule has 0 radical (unpaired) electrons. The fourth-order valence-corrected chi connectivity index (χ4v) is 1.91. The van der Waals surface area contributed by atoms with Crippen molar-refractivity contribution in [3.63, 3.8) is 0 Å². The first-order valence-electron chi connectivity index (χ1n) is 6.21. The van der Waals surface area contributed by atoms with E-state index in [0.29, 0.717) is 0 Å². The molecule has 0 aromatic heterocycles. The second-order valence-corrected chi connectivity index (χ2v) is 5.30. The Morgan fingerprint density at radius 1 is 1.35 bits per heavy atom. The molecule has 0 saturated carbocycles. The van der Waals surface area contributed by atoms with Gasteiger partial charge in [0.1, 0.15) is 0 Å². The van der Waals surface area contributed by atoms with Crippen molar-refractivity contribution in [3.8, 4) is 0 Å². The molecule has 0 heterocycles. The monoisotopic (exact) mass is 236 g/mol. The van der Waals surface area contributed by atoms with Gasteiger partial charge in [-0.2, -0.15) is 0 Å². The summed E-state index contributed by atoms with van der Waals surface area (Å²) in [4.78, 5) is 0. The van der Waals surface area contributed by atoms with Gasteiger partial charge in [-0.1, -0.05) is 29.8 Å². The molecule has 0 aliphatic carbocycles. The highest BCUT2D eigenvalue weighted by atomic mass is 16.5. The predicted octanol–water partition coefficient (Wildman–Crippen LogP) is 3.28. The normalized spacial score (nSPS) is 13.7. The first kappa shape index (κ1) is 14.2. The van der Waals surface area contributed by atoms with Gasteiger partial charge in [-0.05, 0) is 39.2 Å². The molecule has 96 valence electrons. The smallest absolute Gasteiger partial charge is 0.0623 e. The van der Waals surface area contributed by atoms with Gasteiger partial charge in [0.2, 0.25) is 0 Å². The van der Waals surface area contributed by atoms with Crippen molar-refractivity contribution in [2.75, 3.05) is 13.7 Å². The zero-order chi connectivity index (χ0) is 12.9. The maximum atomic E-state index is 9.50. The number of hydrogen-bond donors (Lipinski definition) is 1. The van der Waals surface area contributed by atoms with Crippen LogP contribution in [0.15, 0.2) is 24.3 Å². The highest BCUT2D eigenvalue weighted by Crippen LogP contribution is 2.26. The fourth-order valence-electron chi connectivity index (χ4n) is 1.91. The van der Waals surface area contributed by atoms with E-state index < -0.39 is 0 Å². The van der Waals surface area contributed by atoms with Crippen LogP contribution in [0.4, 0.5) is 0 Å². The van der Waals surface area contributed by atoms with Crippen LogP contribution in [-0.2, 0) is 4.74 Å². The van der Waals surface area contributed by atoms with E-state index in [1.165, 1.54) is 11.1 Å².